The number of alkyl carbamates (subject to hydrolysis) is 2. The lowest BCUT2D eigenvalue weighted by Crippen LogP contribution is -2.55. The fourth-order valence-electron chi connectivity index (χ4n) is 6.14. The molecule has 5 amide bonds. The molecule has 0 saturated carbocycles. The number of fused-ring (bicyclic) bond motifs is 1. The second-order valence-electron chi connectivity index (χ2n) is 16.1. The number of carbonyl (C=O) groups excluding carboxylic acids is 7. The van der Waals surface area contributed by atoms with Crippen LogP contribution >= 0.6 is 0 Å². The average molecular weight is 800 g/mol. The summed E-state index contributed by atoms with van der Waals surface area (Å²) in [5.74, 6) is -4.59. The predicted octanol–water partition coefficient (Wildman–Crippen LogP) is 4.92. The summed E-state index contributed by atoms with van der Waals surface area (Å²) < 4.78 is 28.2. The number of carbonyl (C=O) groups is 7. The number of guanidine groups is 1. The molecule has 0 radical (unpaired) electrons. The minimum absolute atomic E-state index is 0.0128. The van der Waals surface area contributed by atoms with Crippen LogP contribution in [0.4, 0.5) is 9.59 Å². The van der Waals surface area contributed by atoms with Crippen molar-refractivity contribution in [3.05, 3.63) is 47.0 Å². The van der Waals surface area contributed by atoms with Gasteiger partial charge in [-0.15, -0.1) is 0 Å². The monoisotopic (exact) mass is 799 g/mol. The predicted molar refractivity (Wildman–Crippen MR) is 207 cm³/mol. The smallest absolute Gasteiger partial charge is 0.414 e. The molecule has 1 aliphatic heterocycles. The van der Waals surface area contributed by atoms with E-state index >= 15 is 0 Å². The fourth-order valence-corrected chi connectivity index (χ4v) is 6.14. The molecule has 0 saturated heterocycles. The molecule has 0 fully saturated rings. The maximum Gasteiger partial charge on any atom is 0.414 e. The van der Waals surface area contributed by atoms with Crippen molar-refractivity contribution in [1.82, 2.24) is 20.9 Å². The van der Waals surface area contributed by atoms with Crippen LogP contribution in [0.1, 0.15) is 123 Å². The van der Waals surface area contributed by atoms with Crippen LogP contribution in [0.3, 0.4) is 0 Å². The first-order valence-corrected chi connectivity index (χ1v) is 19.0. The average Bonchev–Trinajstić information content (AvgIpc) is 3.31. The second-order valence-corrected chi connectivity index (χ2v) is 16.1. The minimum atomic E-state index is -1.49. The molecular weight excluding hydrogens is 742 g/mol. The Balaban J connectivity index is 1.97. The number of amides is 5. The molecule has 5 atom stereocenters. The molecule has 3 N–H and O–H groups in total. The lowest BCUT2D eigenvalue weighted by Gasteiger charge is -2.37. The SMILES string of the molecule is CCC(CC)O[C@@H]1C=C(C(=O)OC(C)OC(=O)C(C(C)C)N2C(=O)c3ccccc3C2=O)C[C@H](N=C(NC(=O)OC(C)(C)C)NC(=O)OC(C)(C)C)[C@H]1NC(C)=O. The zero-order valence-electron chi connectivity index (χ0n) is 34.8. The van der Waals surface area contributed by atoms with E-state index in [1.165, 1.54) is 32.1 Å². The maximum absolute atomic E-state index is 13.8. The van der Waals surface area contributed by atoms with Gasteiger partial charge in [-0.1, -0.05) is 39.8 Å². The van der Waals surface area contributed by atoms with Crippen LogP contribution < -0.4 is 16.0 Å². The van der Waals surface area contributed by atoms with E-state index in [-0.39, 0.29) is 29.2 Å². The highest BCUT2D eigenvalue weighted by Gasteiger charge is 2.45. The van der Waals surface area contributed by atoms with Gasteiger partial charge in [-0.2, -0.15) is 0 Å². The number of ether oxygens (including phenoxy) is 5. The summed E-state index contributed by atoms with van der Waals surface area (Å²) in [6.07, 6.45) is -2.24. The van der Waals surface area contributed by atoms with E-state index in [2.05, 4.69) is 20.9 Å². The number of benzene rings is 1. The molecule has 57 heavy (non-hydrogen) atoms. The van der Waals surface area contributed by atoms with Gasteiger partial charge in [-0.25, -0.2) is 24.2 Å². The highest BCUT2D eigenvalue weighted by Crippen LogP contribution is 2.30. The Hall–Kier alpha value is -5.32. The van der Waals surface area contributed by atoms with Crippen molar-refractivity contribution in [3.63, 3.8) is 0 Å². The lowest BCUT2D eigenvalue weighted by molar-refractivity contribution is -0.186. The quantitative estimate of drug-likeness (QED) is 0.0641. The summed E-state index contributed by atoms with van der Waals surface area (Å²) in [5, 5.41) is 7.67. The molecular formula is C40H57N5O12. The number of imide groups is 1. The molecule has 0 spiro atoms. The van der Waals surface area contributed by atoms with E-state index in [9.17, 15) is 33.6 Å². The number of hydrogen-bond donors (Lipinski definition) is 3. The van der Waals surface area contributed by atoms with Crippen molar-refractivity contribution in [1.29, 1.82) is 0 Å². The molecule has 1 heterocycles. The standard InChI is InChI=1S/C40H57N5O12/c1-13-25(14-2)55-29-20-24(34(49)53-23(6)54-35(50)31(21(3)4)45-32(47)26-17-15-16-18-27(26)33(45)48)19-28(30(29)41-22(5)46)42-36(43-37(51)56-39(7,8)9)44-38(52)57-40(10,11)12/h15-18,20-21,23,25,28-31H,13-14,19H2,1-12H3,(H,41,46)(H2,42,43,44,51,52)/t23?,28-,29+,30+,31?/m0/s1. The summed E-state index contributed by atoms with van der Waals surface area (Å²) >= 11 is 0. The van der Waals surface area contributed by atoms with Crippen molar-refractivity contribution in [2.24, 2.45) is 10.9 Å². The highest BCUT2D eigenvalue weighted by atomic mass is 16.7. The largest absolute Gasteiger partial charge is 0.444 e. The van der Waals surface area contributed by atoms with Crippen LogP contribution in [0.5, 0.6) is 0 Å². The van der Waals surface area contributed by atoms with Crippen LogP contribution in [-0.2, 0) is 38.1 Å². The zero-order chi connectivity index (χ0) is 43.0. The molecule has 0 bridgehead atoms. The van der Waals surface area contributed by atoms with Crippen LogP contribution in [0.2, 0.25) is 0 Å². The van der Waals surface area contributed by atoms with Gasteiger partial charge in [0.05, 0.1) is 35.4 Å². The third-order valence-electron chi connectivity index (χ3n) is 8.52. The summed E-state index contributed by atoms with van der Waals surface area (Å²) in [4.78, 5) is 97.6. The molecule has 17 heteroatoms. The molecule has 2 aliphatic rings. The highest BCUT2D eigenvalue weighted by molar-refractivity contribution is 6.22. The van der Waals surface area contributed by atoms with Crippen LogP contribution in [-0.4, -0.2) is 101 Å². The van der Waals surface area contributed by atoms with Gasteiger partial charge < -0.3 is 29.0 Å². The number of rotatable bonds is 12. The number of nitrogens with one attached hydrogen (secondary N) is 3. The summed E-state index contributed by atoms with van der Waals surface area (Å²) in [7, 11) is 0. The minimum Gasteiger partial charge on any atom is -0.444 e. The van der Waals surface area contributed by atoms with E-state index in [0.29, 0.717) is 12.8 Å². The second kappa shape index (κ2) is 19.2. The summed E-state index contributed by atoms with van der Waals surface area (Å²) in [6.45, 7) is 19.6. The third-order valence-corrected chi connectivity index (χ3v) is 8.52. The number of aliphatic imine (C=N–C) groups is 1. The van der Waals surface area contributed by atoms with Crippen molar-refractivity contribution in [3.8, 4) is 0 Å². The van der Waals surface area contributed by atoms with Crippen molar-refractivity contribution < 1.29 is 57.2 Å². The fraction of sp³-hybridized carbons (Fsp3) is 0.600. The molecule has 2 unspecified atom stereocenters. The normalized spacial score (nSPS) is 19.2. The van der Waals surface area contributed by atoms with Gasteiger partial charge in [0.15, 0.2) is 0 Å². The van der Waals surface area contributed by atoms with Gasteiger partial charge in [0, 0.05) is 25.8 Å². The number of nitrogens with zero attached hydrogens (tertiary/aromatic N) is 2. The maximum atomic E-state index is 13.8. The van der Waals surface area contributed by atoms with Gasteiger partial charge >= 0.3 is 24.1 Å². The van der Waals surface area contributed by atoms with E-state index in [4.69, 9.17) is 23.7 Å². The lowest BCUT2D eigenvalue weighted by atomic mass is 9.87. The van der Waals surface area contributed by atoms with Crippen LogP contribution in [0.15, 0.2) is 40.9 Å². The van der Waals surface area contributed by atoms with E-state index < -0.39 is 95.4 Å². The van der Waals surface area contributed by atoms with E-state index in [1.54, 1.807) is 67.5 Å². The van der Waals surface area contributed by atoms with Gasteiger partial charge in [0.25, 0.3) is 11.8 Å². The van der Waals surface area contributed by atoms with Crippen molar-refractivity contribution in [2.75, 3.05) is 0 Å². The molecule has 17 nitrogen and oxygen atoms in total. The Bertz CT molecular complexity index is 1690. The van der Waals surface area contributed by atoms with Gasteiger partial charge in [-0.3, -0.25) is 29.9 Å². The van der Waals surface area contributed by atoms with Gasteiger partial charge in [0.1, 0.15) is 17.2 Å². The van der Waals surface area contributed by atoms with Crippen LogP contribution in [0, 0.1) is 5.92 Å². The first-order chi connectivity index (χ1) is 26.4. The first-order valence-electron chi connectivity index (χ1n) is 19.0. The molecule has 3 rings (SSSR count). The van der Waals surface area contributed by atoms with E-state index in [0.717, 1.165) is 4.90 Å². The first kappa shape index (κ1) is 46.1. The van der Waals surface area contributed by atoms with Crippen molar-refractivity contribution in [2.45, 2.75) is 150 Å². The van der Waals surface area contributed by atoms with Gasteiger partial charge in [0.2, 0.25) is 18.2 Å². The molecule has 1 aromatic carbocycles. The summed E-state index contributed by atoms with van der Waals surface area (Å²) in [6, 6.07) is 2.91. The molecule has 314 valence electrons. The number of esters is 2. The third kappa shape index (κ3) is 13.1. The molecule has 1 aromatic rings. The van der Waals surface area contributed by atoms with E-state index in [1.807, 2.05) is 13.8 Å². The van der Waals surface area contributed by atoms with Gasteiger partial charge in [-0.05, 0) is 78.5 Å². The number of hydrogen-bond acceptors (Lipinski definition) is 13. The Morgan fingerprint density at radius 3 is 1.79 bits per heavy atom. The molecule has 0 aromatic heterocycles. The Morgan fingerprint density at radius 1 is 0.842 bits per heavy atom. The Morgan fingerprint density at radius 2 is 1.35 bits per heavy atom. The topological polar surface area (TPSA) is 217 Å². The van der Waals surface area contributed by atoms with Crippen molar-refractivity contribution >= 4 is 47.8 Å². The Kier molecular flexibility index (Phi) is 15.5. The Labute approximate surface area is 333 Å². The summed E-state index contributed by atoms with van der Waals surface area (Å²) in [5.41, 5.74) is -1.50. The molecule has 1 aliphatic carbocycles. The zero-order valence-corrected chi connectivity index (χ0v) is 34.8. The van der Waals surface area contributed by atoms with Crippen LogP contribution in [0.25, 0.3) is 0 Å².